The first-order chi connectivity index (χ1) is 12.6. The van der Waals surface area contributed by atoms with Crippen molar-refractivity contribution in [2.45, 2.75) is 56.8 Å². The van der Waals surface area contributed by atoms with Crippen LogP contribution in [0.2, 0.25) is 0 Å². The van der Waals surface area contributed by atoms with Gasteiger partial charge in [0.05, 0.1) is 13.7 Å². The number of benzene rings is 1. The van der Waals surface area contributed by atoms with E-state index >= 15 is 0 Å². The molecule has 7 atom stereocenters. The quantitative estimate of drug-likeness (QED) is 0.816. The molecule has 1 spiro atoms. The van der Waals surface area contributed by atoms with Crippen LogP contribution in [0.5, 0.6) is 11.5 Å². The van der Waals surface area contributed by atoms with Gasteiger partial charge in [0.2, 0.25) is 0 Å². The summed E-state index contributed by atoms with van der Waals surface area (Å²) in [4.78, 5) is 2.63. The lowest BCUT2D eigenvalue weighted by molar-refractivity contribution is -0.298. The van der Waals surface area contributed by atoms with Crippen LogP contribution in [0.3, 0.4) is 0 Å². The van der Waals surface area contributed by atoms with E-state index in [1.807, 2.05) is 0 Å². The molecule has 3 heterocycles. The van der Waals surface area contributed by atoms with Gasteiger partial charge in [-0.15, -0.1) is 0 Å². The molecule has 1 unspecified atom stereocenters. The first-order valence-electron chi connectivity index (χ1n) is 10.2. The van der Waals surface area contributed by atoms with Crippen LogP contribution >= 0.6 is 0 Å². The molecule has 1 aromatic rings. The third-order valence-electron chi connectivity index (χ3n) is 8.75. The van der Waals surface area contributed by atoms with Crippen molar-refractivity contribution < 1.29 is 14.2 Å². The minimum atomic E-state index is 0.111. The first-order valence-corrected chi connectivity index (χ1v) is 10.2. The van der Waals surface area contributed by atoms with Gasteiger partial charge in [-0.3, -0.25) is 0 Å². The molecular formula is C22H29NO3. The number of likely N-dealkylation sites (tertiary alicyclic amines) is 1. The third kappa shape index (κ3) is 1.46. The molecule has 0 amide bonds. The fraction of sp³-hybridized carbons (Fsp3) is 0.727. The summed E-state index contributed by atoms with van der Waals surface area (Å²) in [6.45, 7) is 6.88. The molecule has 0 N–H and O–H groups in total. The molecule has 1 aromatic carbocycles. The highest BCUT2D eigenvalue weighted by molar-refractivity contribution is 5.61. The van der Waals surface area contributed by atoms with Crippen LogP contribution in [0.1, 0.15) is 37.8 Å². The van der Waals surface area contributed by atoms with Crippen molar-refractivity contribution in [1.82, 2.24) is 4.90 Å². The summed E-state index contributed by atoms with van der Waals surface area (Å²) < 4.78 is 18.7. The van der Waals surface area contributed by atoms with Gasteiger partial charge in [0.15, 0.2) is 11.5 Å². The van der Waals surface area contributed by atoms with Crippen molar-refractivity contribution in [3.8, 4) is 11.5 Å². The van der Waals surface area contributed by atoms with Gasteiger partial charge < -0.3 is 19.1 Å². The second-order valence-corrected chi connectivity index (χ2v) is 9.49. The summed E-state index contributed by atoms with van der Waals surface area (Å²) in [7, 11) is 4.09. The van der Waals surface area contributed by atoms with Crippen LogP contribution in [0.15, 0.2) is 12.1 Å². The monoisotopic (exact) mass is 355 g/mol. The largest absolute Gasteiger partial charge is 0.493 e. The molecule has 2 bridgehead atoms. The lowest BCUT2D eigenvalue weighted by Crippen LogP contribution is -2.77. The van der Waals surface area contributed by atoms with Crippen LogP contribution in [0.4, 0.5) is 0 Å². The normalized spacial score (nSPS) is 47.5. The summed E-state index contributed by atoms with van der Waals surface area (Å²) in [6, 6.07) is 5.02. The topological polar surface area (TPSA) is 30.9 Å². The van der Waals surface area contributed by atoms with Crippen molar-refractivity contribution in [1.29, 1.82) is 0 Å². The number of rotatable bonds is 2. The Morgan fingerprint density at radius 2 is 2.15 bits per heavy atom. The van der Waals surface area contributed by atoms with E-state index < -0.39 is 0 Å². The number of hydrogen-bond donors (Lipinski definition) is 0. The SMILES string of the molecule is CC[C@@H]1C2[C@H]3Cc4ccc(OC)c5c4[C@@]2(CCN3C)[C@@H](O5)[C@@H]2OC[C@]12C. The molecule has 1 saturated carbocycles. The van der Waals surface area contributed by atoms with Gasteiger partial charge in [0, 0.05) is 22.4 Å². The van der Waals surface area contributed by atoms with E-state index in [9.17, 15) is 0 Å². The Balaban J connectivity index is 1.65. The zero-order valence-corrected chi connectivity index (χ0v) is 16.2. The van der Waals surface area contributed by atoms with Crippen molar-refractivity contribution in [3.63, 3.8) is 0 Å². The molecule has 2 aliphatic carbocycles. The first kappa shape index (κ1) is 15.8. The zero-order chi connectivity index (χ0) is 17.8. The van der Waals surface area contributed by atoms with Gasteiger partial charge in [-0.2, -0.15) is 0 Å². The van der Waals surface area contributed by atoms with Crippen LogP contribution in [0, 0.1) is 17.3 Å². The lowest BCUT2D eigenvalue weighted by atomic mass is 9.42. The molecule has 3 aliphatic heterocycles. The van der Waals surface area contributed by atoms with Crippen molar-refractivity contribution >= 4 is 0 Å². The second kappa shape index (κ2) is 4.77. The van der Waals surface area contributed by atoms with Gasteiger partial charge in [-0.25, -0.2) is 0 Å². The van der Waals surface area contributed by atoms with E-state index in [1.165, 1.54) is 24.0 Å². The average Bonchev–Trinajstić information content (AvgIpc) is 2.95. The predicted molar refractivity (Wildman–Crippen MR) is 98.9 cm³/mol. The van der Waals surface area contributed by atoms with Gasteiger partial charge >= 0.3 is 0 Å². The van der Waals surface area contributed by atoms with Crippen LogP contribution in [-0.4, -0.2) is 50.5 Å². The molecule has 4 heteroatoms. The summed E-state index contributed by atoms with van der Waals surface area (Å²) in [5.41, 5.74) is 3.32. The van der Waals surface area contributed by atoms with E-state index in [2.05, 4.69) is 37.9 Å². The highest BCUT2D eigenvalue weighted by Crippen LogP contribution is 2.70. The third-order valence-corrected chi connectivity index (χ3v) is 8.75. The Bertz CT molecular complexity index is 794. The van der Waals surface area contributed by atoms with Crippen molar-refractivity contribution in [2.75, 3.05) is 27.3 Å². The highest BCUT2D eigenvalue weighted by atomic mass is 16.6. The van der Waals surface area contributed by atoms with E-state index in [-0.39, 0.29) is 23.0 Å². The number of hydrogen-bond acceptors (Lipinski definition) is 4. The molecule has 140 valence electrons. The summed E-state index contributed by atoms with van der Waals surface area (Å²) in [6.07, 6.45) is 3.92. The maximum absolute atomic E-state index is 6.76. The minimum Gasteiger partial charge on any atom is -0.493 e. The fourth-order valence-corrected chi connectivity index (χ4v) is 7.66. The molecule has 4 nitrogen and oxygen atoms in total. The number of piperidine rings is 1. The maximum Gasteiger partial charge on any atom is 0.165 e. The van der Waals surface area contributed by atoms with Crippen LogP contribution in [0.25, 0.3) is 0 Å². The van der Waals surface area contributed by atoms with E-state index in [0.717, 1.165) is 31.1 Å². The lowest BCUT2D eigenvalue weighted by Gasteiger charge is -2.69. The average molecular weight is 355 g/mol. The number of methoxy groups -OCH3 is 1. The van der Waals surface area contributed by atoms with E-state index in [1.54, 1.807) is 7.11 Å². The standard InChI is InChI=1S/C22H29NO3/c1-5-13-17-14-10-12-6-7-15(24-4)18-16(12)22(17,8-9-23(14)3)20(26-18)19-21(13,2)11-25-19/h6-7,13-14,17,19-20H,5,8-11H2,1-4H3/t13-,14-,17?,19+,20+,21-,22-/m1/s1. The van der Waals surface area contributed by atoms with Gasteiger partial charge in [-0.05, 0) is 49.9 Å². The van der Waals surface area contributed by atoms with E-state index in [0.29, 0.717) is 17.9 Å². The van der Waals surface area contributed by atoms with Gasteiger partial charge in [-0.1, -0.05) is 26.3 Å². The molecule has 0 aromatic heterocycles. The van der Waals surface area contributed by atoms with Gasteiger partial charge in [0.1, 0.15) is 12.2 Å². The van der Waals surface area contributed by atoms with Crippen molar-refractivity contribution in [3.05, 3.63) is 23.3 Å². The smallest absolute Gasteiger partial charge is 0.165 e. The fourth-order valence-electron chi connectivity index (χ4n) is 7.66. The molecule has 3 fully saturated rings. The number of fused-ring (bicyclic) bond motifs is 2. The molecule has 6 rings (SSSR count). The van der Waals surface area contributed by atoms with Gasteiger partial charge in [0.25, 0.3) is 0 Å². The number of nitrogens with zero attached hydrogens (tertiary/aromatic N) is 1. The zero-order valence-electron chi connectivity index (χ0n) is 16.2. The van der Waals surface area contributed by atoms with Crippen molar-refractivity contribution in [2.24, 2.45) is 17.3 Å². The minimum absolute atomic E-state index is 0.111. The molecular weight excluding hydrogens is 326 g/mol. The molecule has 5 aliphatic rings. The Labute approximate surface area is 155 Å². The Hall–Kier alpha value is -1.26. The summed E-state index contributed by atoms with van der Waals surface area (Å²) >= 11 is 0. The summed E-state index contributed by atoms with van der Waals surface area (Å²) in [5.74, 6) is 3.27. The Kier molecular flexibility index (Phi) is 2.89. The van der Waals surface area contributed by atoms with Crippen LogP contribution < -0.4 is 9.47 Å². The maximum atomic E-state index is 6.76. The predicted octanol–water partition coefficient (Wildman–Crippen LogP) is 3.02. The Morgan fingerprint density at radius 1 is 1.31 bits per heavy atom. The molecule has 0 radical (unpaired) electrons. The number of likely N-dealkylation sites (N-methyl/N-ethyl adjacent to an activating group) is 1. The highest BCUT2D eigenvalue weighted by Gasteiger charge is 2.75. The Morgan fingerprint density at radius 3 is 2.85 bits per heavy atom. The van der Waals surface area contributed by atoms with E-state index in [4.69, 9.17) is 14.2 Å². The second-order valence-electron chi connectivity index (χ2n) is 9.49. The number of ether oxygens (including phenoxy) is 3. The molecule has 26 heavy (non-hydrogen) atoms. The molecule has 2 saturated heterocycles. The van der Waals surface area contributed by atoms with Crippen LogP contribution in [-0.2, 0) is 16.6 Å². The summed E-state index contributed by atoms with van der Waals surface area (Å²) in [5, 5.41) is 0.